The molecule has 0 radical (unpaired) electrons. The van der Waals surface area contributed by atoms with Gasteiger partial charge in [0.25, 0.3) is 0 Å². The van der Waals surface area contributed by atoms with Gasteiger partial charge >= 0.3 is 5.97 Å². The van der Waals surface area contributed by atoms with E-state index in [9.17, 15) is 9.59 Å². The molecule has 2 N–H and O–H groups in total. The quantitative estimate of drug-likeness (QED) is 0.635. The molecule has 0 bridgehead atoms. The summed E-state index contributed by atoms with van der Waals surface area (Å²) in [5, 5.41) is 11.5. The maximum absolute atomic E-state index is 11.1. The number of likely N-dealkylation sites (tertiary alicyclic amines) is 1. The van der Waals surface area contributed by atoms with Gasteiger partial charge in [-0.3, -0.25) is 4.79 Å². The molecule has 1 aliphatic heterocycles. The van der Waals surface area contributed by atoms with E-state index in [0.717, 1.165) is 26.1 Å². The predicted octanol–water partition coefficient (Wildman–Crippen LogP) is 0.0616. The Labute approximate surface area is 89.4 Å². The zero-order valence-corrected chi connectivity index (χ0v) is 9.03. The number of hydrogen-bond acceptors (Lipinski definition) is 3. The fraction of sp³-hybridized carbons (Fsp3) is 0.800. The Morgan fingerprint density at radius 2 is 2.13 bits per heavy atom. The van der Waals surface area contributed by atoms with E-state index in [0.29, 0.717) is 19.3 Å². The third kappa shape index (κ3) is 2.68. The average Bonchev–Trinajstić information content (AvgIpc) is 2.21. The van der Waals surface area contributed by atoms with Gasteiger partial charge in [-0.15, -0.1) is 0 Å². The first kappa shape index (κ1) is 12.0. The second-order valence-corrected chi connectivity index (χ2v) is 3.99. The molecule has 0 spiro atoms. The molecule has 0 aromatic heterocycles. The number of piperidine rings is 1. The molecular formula is C10H18N2O3. The van der Waals surface area contributed by atoms with Crippen LogP contribution in [0.4, 0.5) is 0 Å². The van der Waals surface area contributed by atoms with Crippen molar-refractivity contribution in [1.29, 1.82) is 0 Å². The lowest BCUT2D eigenvalue weighted by molar-refractivity contribution is -0.148. The third-order valence-corrected chi connectivity index (χ3v) is 2.99. The van der Waals surface area contributed by atoms with E-state index in [-0.39, 0.29) is 0 Å². The predicted molar refractivity (Wildman–Crippen MR) is 55.5 cm³/mol. The van der Waals surface area contributed by atoms with Crippen molar-refractivity contribution in [2.75, 3.05) is 19.6 Å². The maximum atomic E-state index is 11.1. The van der Waals surface area contributed by atoms with Crippen LogP contribution in [0.15, 0.2) is 0 Å². The van der Waals surface area contributed by atoms with Gasteiger partial charge in [-0.2, -0.15) is 0 Å². The molecule has 0 unspecified atom stereocenters. The molecule has 0 aromatic carbocycles. The Bertz CT molecular complexity index is 235. The van der Waals surface area contributed by atoms with Gasteiger partial charge in [0.05, 0.1) is 0 Å². The maximum Gasteiger partial charge on any atom is 0.329 e. The molecule has 1 heterocycles. The van der Waals surface area contributed by atoms with E-state index in [2.05, 4.69) is 17.1 Å². The molecule has 5 heteroatoms. The highest BCUT2D eigenvalue weighted by Gasteiger charge is 2.40. The molecule has 1 rings (SSSR count). The molecule has 0 aromatic rings. The molecule has 15 heavy (non-hydrogen) atoms. The Hall–Kier alpha value is -1.10. The second-order valence-electron chi connectivity index (χ2n) is 3.99. The normalized spacial score (nSPS) is 20.9. The molecule has 5 nitrogen and oxygen atoms in total. The van der Waals surface area contributed by atoms with Crippen molar-refractivity contribution in [2.45, 2.75) is 31.7 Å². The fourth-order valence-electron chi connectivity index (χ4n) is 2.01. The van der Waals surface area contributed by atoms with Crippen LogP contribution in [0.2, 0.25) is 0 Å². The van der Waals surface area contributed by atoms with Crippen LogP contribution in [-0.4, -0.2) is 47.6 Å². The van der Waals surface area contributed by atoms with Gasteiger partial charge in [-0.05, 0) is 25.8 Å². The first-order chi connectivity index (χ1) is 7.14. The van der Waals surface area contributed by atoms with Crippen molar-refractivity contribution in [2.24, 2.45) is 0 Å². The smallest absolute Gasteiger partial charge is 0.329 e. The number of nitrogens with zero attached hydrogens (tertiary/aromatic N) is 1. The number of carbonyl (C=O) groups is 2. The van der Waals surface area contributed by atoms with Crippen LogP contribution < -0.4 is 5.32 Å². The van der Waals surface area contributed by atoms with Gasteiger partial charge in [-0.1, -0.05) is 6.92 Å². The fourth-order valence-corrected chi connectivity index (χ4v) is 2.01. The number of carboxylic acid groups (broad SMARTS) is 1. The molecule has 1 amide bonds. The topological polar surface area (TPSA) is 69.6 Å². The van der Waals surface area contributed by atoms with Gasteiger partial charge in [0.15, 0.2) is 0 Å². The minimum absolute atomic E-state index is 0.487. The SMILES string of the molecule is CCCN1CCC(NC=O)(C(=O)O)CC1. The lowest BCUT2D eigenvalue weighted by Gasteiger charge is -2.38. The van der Waals surface area contributed by atoms with Crippen LogP contribution in [-0.2, 0) is 9.59 Å². The van der Waals surface area contributed by atoms with Crippen LogP contribution in [0.3, 0.4) is 0 Å². The highest BCUT2D eigenvalue weighted by atomic mass is 16.4. The number of carbonyl (C=O) groups excluding carboxylic acids is 1. The summed E-state index contributed by atoms with van der Waals surface area (Å²) in [6.45, 7) is 4.57. The van der Waals surface area contributed by atoms with Gasteiger partial charge in [-0.25, -0.2) is 4.79 Å². The molecule has 1 saturated heterocycles. The number of amides is 1. The Balaban J connectivity index is 2.57. The number of aliphatic carboxylic acids is 1. The summed E-state index contributed by atoms with van der Waals surface area (Å²) in [7, 11) is 0. The van der Waals surface area contributed by atoms with Gasteiger partial charge < -0.3 is 15.3 Å². The number of nitrogens with one attached hydrogen (secondary N) is 1. The van der Waals surface area contributed by atoms with E-state index < -0.39 is 11.5 Å². The van der Waals surface area contributed by atoms with Crippen molar-refractivity contribution >= 4 is 12.4 Å². The number of rotatable bonds is 5. The highest BCUT2D eigenvalue weighted by molar-refractivity contribution is 5.81. The van der Waals surface area contributed by atoms with Crippen molar-refractivity contribution in [3.05, 3.63) is 0 Å². The summed E-state index contributed by atoms with van der Waals surface area (Å²) in [4.78, 5) is 23.7. The number of hydrogen-bond donors (Lipinski definition) is 2. The average molecular weight is 214 g/mol. The summed E-state index contributed by atoms with van der Waals surface area (Å²) >= 11 is 0. The van der Waals surface area contributed by atoms with Crippen LogP contribution >= 0.6 is 0 Å². The van der Waals surface area contributed by atoms with Gasteiger partial charge in [0.1, 0.15) is 5.54 Å². The summed E-state index contributed by atoms with van der Waals surface area (Å²) < 4.78 is 0. The molecule has 0 atom stereocenters. The van der Waals surface area contributed by atoms with Crippen molar-refractivity contribution in [1.82, 2.24) is 10.2 Å². The van der Waals surface area contributed by atoms with E-state index in [1.165, 1.54) is 0 Å². The van der Waals surface area contributed by atoms with E-state index >= 15 is 0 Å². The zero-order valence-electron chi connectivity index (χ0n) is 9.03. The largest absolute Gasteiger partial charge is 0.480 e. The highest BCUT2D eigenvalue weighted by Crippen LogP contribution is 2.22. The Morgan fingerprint density at radius 1 is 1.53 bits per heavy atom. The molecular weight excluding hydrogens is 196 g/mol. The van der Waals surface area contributed by atoms with Crippen LogP contribution in [0.1, 0.15) is 26.2 Å². The van der Waals surface area contributed by atoms with E-state index in [4.69, 9.17) is 5.11 Å². The van der Waals surface area contributed by atoms with Crippen LogP contribution in [0.25, 0.3) is 0 Å². The monoisotopic (exact) mass is 214 g/mol. The molecule has 86 valence electrons. The molecule has 0 aliphatic carbocycles. The van der Waals surface area contributed by atoms with Gasteiger partial charge in [0, 0.05) is 13.1 Å². The summed E-state index contributed by atoms with van der Waals surface area (Å²) in [5.74, 6) is -0.925. The summed E-state index contributed by atoms with van der Waals surface area (Å²) in [6.07, 6.45) is 2.53. The minimum atomic E-state index is -1.04. The number of carboxylic acids is 1. The van der Waals surface area contributed by atoms with Crippen LogP contribution in [0.5, 0.6) is 0 Å². The third-order valence-electron chi connectivity index (χ3n) is 2.99. The Morgan fingerprint density at radius 3 is 2.53 bits per heavy atom. The molecule has 1 fully saturated rings. The van der Waals surface area contributed by atoms with E-state index in [1.54, 1.807) is 0 Å². The lowest BCUT2D eigenvalue weighted by Crippen LogP contribution is -2.58. The summed E-state index contributed by atoms with van der Waals surface area (Å²) in [5.41, 5.74) is -1.04. The van der Waals surface area contributed by atoms with Crippen LogP contribution in [0, 0.1) is 0 Å². The van der Waals surface area contributed by atoms with E-state index in [1.807, 2.05) is 0 Å². The molecule has 1 aliphatic rings. The zero-order chi connectivity index (χ0) is 11.3. The van der Waals surface area contributed by atoms with Crippen molar-refractivity contribution in [3.8, 4) is 0 Å². The van der Waals surface area contributed by atoms with Crippen molar-refractivity contribution < 1.29 is 14.7 Å². The summed E-state index contributed by atoms with van der Waals surface area (Å²) in [6, 6.07) is 0. The minimum Gasteiger partial charge on any atom is -0.480 e. The van der Waals surface area contributed by atoms with Crippen molar-refractivity contribution in [3.63, 3.8) is 0 Å². The Kier molecular flexibility index (Phi) is 4.08. The van der Waals surface area contributed by atoms with Gasteiger partial charge in [0.2, 0.25) is 6.41 Å². The molecule has 0 saturated carbocycles. The standard InChI is InChI=1S/C10H18N2O3/c1-2-5-12-6-3-10(4-7-12,9(14)15)11-8-13/h8H,2-7H2,1H3,(H,11,13)(H,14,15). The first-order valence-electron chi connectivity index (χ1n) is 5.32. The second kappa shape index (κ2) is 5.11. The lowest BCUT2D eigenvalue weighted by atomic mass is 9.87. The first-order valence-corrected chi connectivity index (χ1v) is 5.32.